The van der Waals surface area contributed by atoms with Crippen LogP contribution in [0.3, 0.4) is 0 Å². The molecular formula is C12H6BrF3N2O. The van der Waals surface area contributed by atoms with Gasteiger partial charge in [-0.15, -0.1) is 0 Å². The Morgan fingerprint density at radius 2 is 1.79 bits per heavy atom. The van der Waals surface area contributed by atoms with Crippen LogP contribution >= 0.6 is 15.9 Å². The number of hydrogen-bond donors (Lipinski definition) is 1. The molecule has 1 amide bonds. The molecule has 1 aromatic heterocycles. The number of amides is 1. The largest absolute Gasteiger partial charge is 0.306 e. The van der Waals surface area contributed by atoms with Crippen LogP contribution in [-0.2, 0) is 0 Å². The Balaban J connectivity index is 2.31. The minimum Gasteiger partial charge on any atom is -0.306 e. The van der Waals surface area contributed by atoms with Crippen molar-refractivity contribution in [2.45, 2.75) is 0 Å². The Morgan fingerprint density at radius 1 is 1.16 bits per heavy atom. The zero-order valence-corrected chi connectivity index (χ0v) is 10.8. The van der Waals surface area contributed by atoms with E-state index < -0.39 is 28.9 Å². The second-order valence-electron chi connectivity index (χ2n) is 3.54. The number of carbonyl (C=O) groups is 1. The fourth-order valence-corrected chi connectivity index (χ4v) is 1.76. The van der Waals surface area contributed by atoms with Gasteiger partial charge in [0.25, 0.3) is 5.91 Å². The van der Waals surface area contributed by atoms with Crippen LogP contribution in [0.25, 0.3) is 0 Å². The van der Waals surface area contributed by atoms with E-state index in [2.05, 4.69) is 26.2 Å². The number of halogens is 4. The molecule has 2 aromatic rings. The van der Waals surface area contributed by atoms with Crippen LogP contribution in [0.1, 0.15) is 10.4 Å². The van der Waals surface area contributed by atoms with Gasteiger partial charge in [-0.2, -0.15) is 0 Å². The molecule has 0 atom stereocenters. The number of pyridine rings is 1. The maximum atomic E-state index is 13.4. The molecule has 0 radical (unpaired) electrons. The number of rotatable bonds is 2. The van der Waals surface area contributed by atoms with Gasteiger partial charge in [0.1, 0.15) is 33.4 Å². The van der Waals surface area contributed by atoms with Crippen molar-refractivity contribution in [1.82, 2.24) is 4.98 Å². The van der Waals surface area contributed by atoms with Crippen LogP contribution in [0, 0.1) is 17.5 Å². The fraction of sp³-hybridized carbons (Fsp3) is 0. The predicted octanol–water partition coefficient (Wildman–Crippen LogP) is 3.51. The van der Waals surface area contributed by atoms with E-state index in [0.717, 1.165) is 0 Å². The molecule has 0 spiro atoms. The third kappa shape index (κ3) is 3.11. The van der Waals surface area contributed by atoms with E-state index in [1.165, 1.54) is 6.07 Å². The number of anilines is 1. The first-order valence-electron chi connectivity index (χ1n) is 5.06. The lowest BCUT2D eigenvalue weighted by molar-refractivity contribution is 0.101. The minimum absolute atomic E-state index is 0.113. The van der Waals surface area contributed by atoms with E-state index in [1.807, 2.05) is 0 Å². The molecule has 0 fully saturated rings. The van der Waals surface area contributed by atoms with Crippen molar-refractivity contribution in [2.24, 2.45) is 0 Å². The molecule has 0 unspecified atom stereocenters. The normalized spacial score (nSPS) is 10.3. The average Bonchev–Trinajstić information content (AvgIpc) is 2.27. The lowest BCUT2D eigenvalue weighted by Crippen LogP contribution is -2.17. The van der Waals surface area contributed by atoms with Gasteiger partial charge in [-0.1, -0.05) is 6.07 Å². The third-order valence-electron chi connectivity index (χ3n) is 2.19. The lowest BCUT2D eigenvalue weighted by Gasteiger charge is -2.06. The summed E-state index contributed by atoms with van der Waals surface area (Å²) in [7, 11) is 0. The van der Waals surface area contributed by atoms with Gasteiger partial charge in [-0.25, -0.2) is 18.2 Å². The zero-order valence-electron chi connectivity index (χ0n) is 9.25. The van der Waals surface area contributed by atoms with Crippen LogP contribution in [0.5, 0.6) is 0 Å². The first kappa shape index (κ1) is 13.5. The second-order valence-corrected chi connectivity index (χ2v) is 4.36. The summed E-state index contributed by atoms with van der Waals surface area (Å²) in [5.41, 5.74) is -0.858. The van der Waals surface area contributed by atoms with Crippen molar-refractivity contribution in [3.05, 3.63) is 58.0 Å². The van der Waals surface area contributed by atoms with E-state index in [1.54, 1.807) is 12.1 Å². The van der Waals surface area contributed by atoms with Gasteiger partial charge in [-0.3, -0.25) is 4.79 Å². The Bertz CT molecular complexity index is 626. The van der Waals surface area contributed by atoms with Crippen molar-refractivity contribution < 1.29 is 18.0 Å². The first-order chi connectivity index (χ1) is 8.97. The Labute approximate surface area is 114 Å². The first-order valence-corrected chi connectivity index (χ1v) is 5.85. The van der Waals surface area contributed by atoms with E-state index in [4.69, 9.17) is 0 Å². The molecule has 0 saturated heterocycles. The van der Waals surface area contributed by atoms with Crippen LogP contribution < -0.4 is 5.32 Å². The van der Waals surface area contributed by atoms with E-state index in [0.29, 0.717) is 16.7 Å². The smallest absolute Gasteiger partial charge is 0.262 e. The number of aromatic nitrogens is 1. The van der Waals surface area contributed by atoms with Gasteiger partial charge in [0.05, 0.1) is 0 Å². The van der Waals surface area contributed by atoms with E-state index in [9.17, 15) is 18.0 Å². The van der Waals surface area contributed by atoms with Crippen LogP contribution in [0.4, 0.5) is 19.0 Å². The molecule has 0 aliphatic heterocycles. The van der Waals surface area contributed by atoms with Crippen LogP contribution in [-0.4, -0.2) is 10.9 Å². The molecule has 1 aromatic carbocycles. The average molecular weight is 331 g/mol. The highest BCUT2D eigenvalue weighted by Gasteiger charge is 2.19. The van der Waals surface area contributed by atoms with E-state index in [-0.39, 0.29) is 5.82 Å². The van der Waals surface area contributed by atoms with Crippen molar-refractivity contribution >= 4 is 27.7 Å². The molecule has 7 heteroatoms. The summed E-state index contributed by atoms with van der Waals surface area (Å²) in [5.74, 6) is -4.56. The second kappa shape index (κ2) is 5.40. The SMILES string of the molecule is O=C(Nc1cccc(Br)n1)c1c(F)cc(F)cc1F. The van der Waals surface area contributed by atoms with Crippen LogP contribution in [0.15, 0.2) is 34.9 Å². The molecular weight excluding hydrogens is 325 g/mol. The summed E-state index contributed by atoms with van der Waals surface area (Å²) in [6.45, 7) is 0. The Kier molecular flexibility index (Phi) is 3.84. The maximum absolute atomic E-state index is 13.4. The molecule has 0 saturated carbocycles. The van der Waals surface area contributed by atoms with E-state index >= 15 is 0 Å². The summed E-state index contributed by atoms with van der Waals surface area (Å²) in [4.78, 5) is 15.6. The van der Waals surface area contributed by atoms with Crippen molar-refractivity contribution in [3.8, 4) is 0 Å². The standard InChI is InChI=1S/C12H6BrF3N2O/c13-9-2-1-3-10(17-9)18-12(19)11-7(15)4-6(14)5-8(11)16/h1-5H,(H,17,18,19). The number of nitrogens with zero attached hydrogens (tertiary/aromatic N) is 1. The van der Waals surface area contributed by atoms with Crippen molar-refractivity contribution in [1.29, 1.82) is 0 Å². The summed E-state index contributed by atoms with van der Waals surface area (Å²) in [5, 5.41) is 2.22. The maximum Gasteiger partial charge on any atom is 0.262 e. The molecule has 1 N–H and O–H groups in total. The van der Waals surface area contributed by atoms with Gasteiger partial charge >= 0.3 is 0 Å². The van der Waals surface area contributed by atoms with Gasteiger partial charge in [-0.05, 0) is 28.1 Å². The summed E-state index contributed by atoms with van der Waals surface area (Å²) >= 11 is 3.09. The lowest BCUT2D eigenvalue weighted by atomic mass is 10.2. The predicted molar refractivity (Wildman–Crippen MR) is 66.2 cm³/mol. The molecule has 0 aliphatic carbocycles. The van der Waals surface area contributed by atoms with Crippen LogP contribution in [0.2, 0.25) is 0 Å². The summed E-state index contributed by atoms with van der Waals surface area (Å²) < 4.78 is 39.9. The molecule has 98 valence electrons. The van der Waals surface area contributed by atoms with Gasteiger partial charge < -0.3 is 5.32 Å². The molecule has 3 nitrogen and oxygen atoms in total. The fourth-order valence-electron chi connectivity index (χ4n) is 1.42. The molecule has 2 rings (SSSR count). The summed E-state index contributed by atoms with van der Waals surface area (Å²) in [6, 6.07) is 5.53. The quantitative estimate of drug-likeness (QED) is 0.856. The number of hydrogen-bond acceptors (Lipinski definition) is 2. The third-order valence-corrected chi connectivity index (χ3v) is 2.63. The number of benzene rings is 1. The molecule has 19 heavy (non-hydrogen) atoms. The van der Waals surface area contributed by atoms with Crippen molar-refractivity contribution in [2.75, 3.05) is 5.32 Å². The Morgan fingerprint density at radius 3 is 2.37 bits per heavy atom. The monoisotopic (exact) mass is 330 g/mol. The number of nitrogens with one attached hydrogen (secondary N) is 1. The highest BCUT2D eigenvalue weighted by atomic mass is 79.9. The minimum atomic E-state index is -1.27. The van der Waals surface area contributed by atoms with Gasteiger partial charge in [0.2, 0.25) is 0 Å². The Hall–Kier alpha value is -1.89. The van der Waals surface area contributed by atoms with Gasteiger partial charge in [0, 0.05) is 12.1 Å². The zero-order chi connectivity index (χ0) is 14.0. The topological polar surface area (TPSA) is 42.0 Å². The van der Waals surface area contributed by atoms with Gasteiger partial charge in [0.15, 0.2) is 0 Å². The molecule has 0 bridgehead atoms. The number of carbonyl (C=O) groups excluding carboxylic acids is 1. The highest BCUT2D eigenvalue weighted by Crippen LogP contribution is 2.17. The highest BCUT2D eigenvalue weighted by molar-refractivity contribution is 9.10. The molecule has 1 heterocycles. The molecule has 0 aliphatic rings. The summed E-state index contributed by atoms with van der Waals surface area (Å²) in [6.07, 6.45) is 0. The van der Waals surface area contributed by atoms with Crippen molar-refractivity contribution in [3.63, 3.8) is 0 Å².